The van der Waals surface area contributed by atoms with Crippen LogP contribution in [0.25, 0.3) is 11.3 Å². The van der Waals surface area contributed by atoms with Gasteiger partial charge < -0.3 is 10.2 Å². The number of nitrogens with one attached hydrogen (secondary N) is 2. The van der Waals surface area contributed by atoms with Crippen molar-refractivity contribution in [3.05, 3.63) is 30.1 Å². The molecule has 0 aromatic carbocycles. The fourth-order valence-electron chi connectivity index (χ4n) is 2.37. The highest BCUT2D eigenvalue weighted by molar-refractivity contribution is 5.91. The summed E-state index contributed by atoms with van der Waals surface area (Å²) in [5, 5.41) is 10.0. The average molecular weight is 329 g/mol. The van der Waals surface area contributed by atoms with E-state index >= 15 is 0 Å². The summed E-state index contributed by atoms with van der Waals surface area (Å²) in [5.74, 6) is 0.470. The van der Waals surface area contributed by atoms with Gasteiger partial charge >= 0.3 is 0 Å². The lowest BCUT2D eigenvalue weighted by Gasteiger charge is -2.16. The van der Waals surface area contributed by atoms with E-state index in [-0.39, 0.29) is 11.8 Å². The minimum atomic E-state index is -0.0654. The molecule has 0 bridgehead atoms. The minimum absolute atomic E-state index is 0.0324. The van der Waals surface area contributed by atoms with Crippen molar-refractivity contribution >= 4 is 11.7 Å². The number of anilines is 1. The number of aromatic amines is 1. The molecule has 2 aromatic rings. The van der Waals surface area contributed by atoms with Crippen LogP contribution in [0.3, 0.4) is 0 Å². The van der Waals surface area contributed by atoms with E-state index in [9.17, 15) is 4.79 Å². The zero-order valence-corrected chi connectivity index (χ0v) is 15.0. The number of rotatable bonds is 8. The average Bonchev–Trinajstić information content (AvgIpc) is 3.01. The summed E-state index contributed by atoms with van der Waals surface area (Å²) in [7, 11) is 2.12. The number of carbonyl (C=O) groups is 1. The normalized spacial score (nSPS) is 11.2. The number of unbranched alkanes of at least 4 members (excludes halogenated alkanes) is 1. The Balaban J connectivity index is 2.07. The van der Waals surface area contributed by atoms with Crippen LogP contribution in [-0.2, 0) is 11.3 Å². The highest BCUT2D eigenvalue weighted by Crippen LogP contribution is 2.22. The fraction of sp³-hybridized carbons (Fsp3) is 0.500. The van der Waals surface area contributed by atoms with E-state index in [2.05, 4.69) is 39.4 Å². The first kappa shape index (κ1) is 18.1. The Hall–Kier alpha value is -2.21. The van der Waals surface area contributed by atoms with E-state index in [0.717, 1.165) is 29.9 Å². The SMILES string of the molecule is CCCCN(C)Cc1cn[nH]c1-c1ccc(NC(=O)C(C)C)nc1. The molecule has 24 heavy (non-hydrogen) atoms. The molecule has 0 spiro atoms. The van der Waals surface area contributed by atoms with Gasteiger partial charge in [0.25, 0.3) is 0 Å². The molecular formula is C18H27N5O. The lowest BCUT2D eigenvalue weighted by Crippen LogP contribution is -2.19. The van der Waals surface area contributed by atoms with Gasteiger partial charge in [0, 0.05) is 29.8 Å². The molecule has 2 heterocycles. The highest BCUT2D eigenvalue weighted by atomic mass is 16.1. The molecular weight excluding hydrogens is 302 g/mol. The molecule has 0 unspecified atom stereocenters. The predicted molar refractivity (Wildman–Crippen MR) is 96.5 cm³/mol. The molecule has 0 radical (unpaired) electrons. The predicted octanol–water partition coefficient (Wildman–Crippen LogP) is 3.30. The first-order valence-electron chi connectivity index (χ1n) is 8.49. The molecule has 0 saturated heterocycles. The molecule has 0 atom stereocenters. The Morgan fingerprint density at radius 3 is 2.75 bits per heavy atom. The van der Waals surface area contributed by atoms with Crippen molar-refractivity contribution in [1.82, 2.24) is 20.1 Å². The van der Waals surface area contributed by atoms with Gasteiger partial charge in [-0.05, 0) is 32.1 Å². The zero-order valence-electron chi connectivity index (χ0n) is 15.0. The zero-order chi connectivity index (χ0) is 17.5. The van der Waals surface area contributed by atoms with Crippen molar-refractivity contribution < 1.29 is 4.79 Å². The molecule has 6 nitrogen and oxygen atoms in total. The second-order valence-electron chi connectivity index (χ2n) is 6.44. The monoisotopic (exact) mass is 329 g/mol. The van der Waals surface area contributed by atoms with E-state index in [1.807, 2.05) is 32.2 Å². The Morgan fingerprint density at radius 1 is 1.33 bits per heavy atom. The second-order valence-corrected chi connectivity index (χ2v) is 6.44. The topological polar surface area (TPSA) is 73.9 Å². The number of carbonyl (C=O) groups excluding carboxylic acids is 1. The van der Waals surface area contributed by atoms with Crippen LogP contribution in [0, 0.1) is 5.92 Å². The summed E-state index contributed by atoms with van der Waals surface area (Å²) in [6.07, 6.45) is 6.01. The van der Waals surface area contributed by atoms with Crippen LogP contribution in [0.2, 0.25) is 0 Å². The van der Waals surface area contributed by atoms with Crippen molar-refractivity contribution in [1.29, 1.82) is 0 Å². The van der Waals surface area contributed by atoms with Crippen LogP contribution in [0.4, 0.5) is 5.82 Å². The number of amides is 1. The molecule has 2 rings (SSSR count). The van der Waals surface area contributed by atoms with Crippen LogP contribution in [0.1, 0.15) is 39.2 Å². The van der Waals surface area contributed by atoms with Crippen LogP contribution >= 0.6 is 0 Å². The van der Waals surface area contributed by atoms with Gasteiger partial charge in [-0.25, -0.2) is 4.98 Å². The van der Waals surface area contributed by atoms with Gasteiger partial charge in [0.15, 0.2) is 0 Å². The van der Waals surface area contributed by atoms with E-state index < -0.39 is 0 Å². The van der Waals surface area contributed by atoms with Crippen LogP contribution in [0.15, 0.2) is 24.5 Å². The number of nitrogens with zero attached hydrogens (tertiary/aromatic N) is 3. The lowest BCUT2D eigenvalue weighted by atomic mass is 10.1. The van der Waals surface area contributed by atoms with Crippen molar-refractivity contribution in [3.8, 4) is 11.3 Å². The van der Waals surface area contributed by atoms with E-state index in [4.69, 9.17) is 0 Å². The summed E-state index contributed by atoms with van der Waals surface area (Å²) >= 11 is 0. The van der Waals surface area contributed by atoms with E-state index in [1.165, 1.54) is 12.8 Å². The molecule has 0 aliphatic heterocycles. The Kier molecular flexibility index (Phi) is 6.49. The van der Waals surface area contributed by atoms with Gasteiger partial charge in [-0.3, -0.25) is 9.89 Å². The molecule has 1 amide bonds. The van der Waals surface area contributed by atoms with Crippen LogP contribution < -0.4 is 5.32 Å². The first-order valence-corrected chi connectivity index (χ1v) is 8.49. The number of aromatic nitrogens is 3. The Bertz CT molecular complexity index is 648. The number of pyridine rings is 1. The van der Waals surface area contributed by atoms with Gasteiger partial charge in [-0.2, -0.15) is 5.10 Å². The maximum atomic E-state index is 11.7. The summed E-state index contributed by atoms with van der Waals surface area (Å²) in [6.45, 7) is 7.82. The smallest absolute Gasteiger partial charge is 0.228 e. The third-order valence-electron chi connectivity index (χ3n) is 3.88. The molecule has 130 valence electrons. The van der Waals surface area contributed by atoms with E-state index in [0.29, 0.717) is 5.82 Å². The minimum Gasteiger partial charge on any atom is -0.310 e. The van der Waals surface area contributed by atoms with Crippen molar-refractivity contribution in [2.45, 2.75) is 40.2 Å². The maximum Gasteiger partial charge on any atom is 0.228 e. The molecule has 2 aromatic heterocycles. The van der Waals surface area contributed by atoms with Crippen LogP contribution in [-0.4, -0.2) is 39.6 Å². The first-order chi connectivity index (χ1) is 11.5. The molecule has 0 saturated carbocycles. The second kappa shape index (κ2) is 8.59. The van der Waals surface area contributed by atoms with Crippen molar-refractivity contribution in [2.24, 2.45) is 5.92 Å². The molecule has 0 aliphatic rings. The van der Waals surface area contributed by atoms with Crippen molar-refractivity contribution in [2.75, 3.05) is 18.9 Å². The standard InChI is InChI=1S/C18H27N5O/c1-5-6-9-23(4)12-15-11-20-22-17(15)14-7-8-16(19-10-14)21-18(24)13(2)3/h7-8,10-11,13H,5-6,9,12H2,1-4H3,(H,20,22)(H,19,21,24). The summed E-state index contributed by atoms with van der Waals surface area (Å²) in [4.78, 5) is 18.3. The lowest BCUT2D eigenvalue weighted by molar-refractivity contribution is -0.118. The van der Waals surface area contributed by atoms with Gasteiger partial charge in [0.1, 0.15) is 5.82 Å². The fourth-order valence-corrected chi connectivity index (χ4v) is 2.37. The summed E-state index contributed by atoms with van der Waals surface area (Å²) < 4.78 is 0. The third-order valence-corrected chi connectivity index (χ3v) is 3.88. The van der Waals surface area contributed by atoms with Gasteiger partial charge in [0.2, 0.25) is 5.91 Å². The number of hydrogen-bond donors (Lipinski definition) is 2. The Labute approximate surface area is 143 Å². The molecule has 0 aliphatic carbocycles. The highest BCUT2D eigenvalue weighted by Gasteiger charge is 2.12. The largest absolute Gasteiger partial charge is 0.310 e. The maximum absolute atomic E-state index is 11.7. The molecule has 6 heteroatoms. The number of H-pyrrole nitrogens is 1. The van der Waals surface area contributed by atoms with Gasteiger partial charge in [0.05, 0.1) is 11.9 Å². The third kappa shape index (κ3) is 4.89. The van der Waals surface area contributed by atoms with Gasteiger partial charge in [-0.1, -0.05) is 27.2 Å². The molecule has 2 N–H and O–H groups in total. The van der Waals surface area contributed by atoms with Gasteiger partial charge in [-0.15, -0.1) is 0 Å². The quantitative estimate of drug-likeness (QED) is 0.779. The number of hydrogen-bond acceptors (Lipinski definition) is 4. The summed E-state index contributed by atoms with van der Waals surface area (Å²) in [5.41, 5.74) is 3.09. The van der Waals surface area contributed by atoms with Crippen molar-refractivity contribution in [3.63, 3.8) is 0 Å². The van der Waals surface area contributed by atoms with E-state index in [1.54, 1.807) is 6.20 Å². The van der Waals surface area contributed by atoms with Crippen LogP contribution in [0.5, 0.6) is 0 Å². The molecule has 0 fully saturated rings. The summed E-state index contributed by atoms with van der Waals surface area (Å²) in [6, 6.07) is 3.77. The Morgan fingerprint density at radius 2 is 2.12 bits per heavy atom.